The molecule has 28 heavy (non-hydrogen) atoms. The van der Waals surface area contributed by atoms with E-state index in [2.05, 4.69) is 4.90 Å². The Hall–Kier alpha value is -1.72. The second-order valence-electron chi connectivity index (χ2n) is 7.50. The quantitative estimate of drug-likeness (QED) is 0.730. The minimum atomic E-state index is -3.51. The number of hydrogen-bond acceptors (Lipinski definition) is 6. The van der Waals surface area contributed by atoms with Gasteiger partial charge in [0.2, 0.25) is 0 Å². The highest BCUT2D eigenvalue weighted by Gasteiger charge is 2.36. The summed E-state index contributed by atoms with van der Waals surface area (Å²) in [7, 11) is -3.51. The summed E-state index contributed by atoms with van der Waals surface area (Å²) in [6, 6.07) is 7.30. The fraction of sp³-hybridized carbons (Fsp3) is 0.611. The molecule has 154 valence electrons. The number of rotatable bonds is 4. The summed E-state index contributed by atoms with van der Waals surface area (Å²) < 4.78 is 41.5. The molecule has 0 N–H and O–H groups in total. The highest BCUT2D eigenvalue weighted by Crippen LogP contribution is 2.19. The van der Waals surface area contributed by atoms with Crippen LogP contribution in [-0.4, -0.2) is 78.0 Å². The SMILES string of the molecule is C[C@@H]1CN(S(=O)(=O)N2CCN(Cn3c(=O)oc4ccccc43)CC2)C[C@H](C)O1. The number of piperazine rings is 1. The molecular weight excluding hydrogens is 384 g/mol. The highest BCUT2D eigenvalue weighted by molar-refractivity contribution is 7.86. The maximum Gasteiger partial charge on any atom is 0.421 e. The van der Waals surface area contributed by atoms with Crippen LogP contribution in [-0.2, 0) is 21.6 Å². The Morgan fingerprint density at radius 3 is 2.32 bits per heavy atom. The number of fused-ring (bicyclic) bond motifs is 1. The van der Waals surface area contributed by atoms with Crippen LogP contribution in [0, 0.1) is 0 Å². The Morgan fingerprint density at radius 1 is 1.00 bits per heavy atom. The normalized spacial score (nSPS) is 26.1. The first-order chi connectivity index (χ1) is 13.3. The fourth-order valence-electron chi connectivity index (χ4n) is 3.93. The Bertz CT molecular complexity index is 983. The number of benzene rings is 1. The molecular formula is C18H26N4O5S. The molecule has 2 aliphatic rings. The molecule has 0 saturated carbocycles. The zero-order valence-corrected chi connectivity index (χ0v) is 17.0. The van der Waals surface area contributed by atoms with Gasteiger partial charge in [-0.25, -0.2) is 4.79 Å². The van der Waals surface area contributed by atoms with E-state index in [9.17, 15) is 13.2 Å². The molecule has 0 amide bonds. The lowest BCUT2D eigenvalue weighted by Gasteiger charge is -2.40. The number of para-hydroxylation sites is 2. The molecule has 1 aromatic heterocycles. The minimum absolute atomic E-state index is 0.110. The number of ether oxygens (including phenoxy) is 1. The third-order valence-electron chi connectivity index (χ3n) is 5.29. The van der Waals surface area contributed by atoms with Crippen LogP contribution in [0.5, 0.6) is 0 Å². The minimum Gasteiger partial charge on any atom is -0.408 e. The van der Waals surface area contributed by atoms with E-state index in [4.69, 9.17) is 9.15 Å². The lowest BCUT2D eigenvalue weighted by molar-refractivity contribution is -0.0458. The first kappa shape index (κ1) is 19.6. The molecule has 1 aromatic carbocycles. The van der Waals surface area contributed by atoms with Crippen molar-refractivity contribution in [1.82, 2.24) is 18.1 Å². The summed E-state index contributed by atoms with van der Waals surface area (Å²) in [6.45, 7) is 6.83. The summed E-state index contributed by atoms with van der Waals surface area (Å²) in [6.07, 6.45) is -0.220. The number of morpholine rings is 1. The van der Waals surface area contributed by atoms with Gasteiger partial charge in [-0.05, 0) is 26.0 Å². The molecule has 0 unspecified atom stereocenters. The first-order valence-corrected chi connectivity index (χ1v) is 11.0. The predicted molar refractivity (Wildman–Crippen MR) is 104 cm³/mol. The monoisotopic (exact) mass is 410 g/mol. The summed E-state index contributed by atoms with van der Waals surface area (Å²) in [4.78, 5) is 14.2. The van der Waals surface area contributed by atoms with Crippen molar-refractivity contribution >= 4 is 21.3 Å². The van der Waals surface area contributed by atoms with Gasteiger partial charge in [-0.1, -0.05) is 12.1 Å². The van der Waals surface area contributed by atoms with Gasteiger partial charge in [0.15, 0.2) is 5.58 Å². The molecule has 2 aromatic rings. The van der Waals surface area contributed by atoms with Crippen molar-refractivity contribution in [2.24, 2.45) is 0 Å². The molecule has 3 heterocycles. The van der Waals surface area contributed by atoms with Gasteiger partial charge in [-0.3, -0.25) is 9.47 Å². The van der Waals surface area contributed by atoms with Gasteiger partial charge in [0.25, 0.3) is 10.2 Å². The van der Waals surface area contributed by atoms with Crippen LogP contribution in [0.3, 0.4) is 0 Å². The smallest absolute Gasteiger partial charge is 0.408 e. The zero-order chi connectivity index (χ0) is 19.9. The van der Waals surface area contributed by atoms with Crippen LogP contribution in [0.15, 0.2) is 33.5 Å². The molecule has 4 rings (SSSR count). The molecule has 0 radical (unpaired) electrons. The Labute approximate surface area is 164 Å². The van der Waals surface area contributed by atoms with Crippen LogP contribution in [0.2, 0.25) is 0 Å². The molecule has 0 aliphatic carbocycles. The van der Waals surface area contributed by atoms with Gasteiger partial charge in [0.05, 0.1) is 24.4 Å². The van der Waals surface area contributed by atoms with E-state index in [-0.39, 0.29) is 12.2 Å². The van der Waals surface area contributed by atoms with Crippen molar-refractivity contribution in [3.8, 4) is 0 Å². The van der Waals surface area contributed by atoms with E-state index in [0.29, 0.717) is 51.5 Å². The van der Waals surface area contributed by atoms with Gasteiger partial charge in [0, 0.05) is 39.3 Å². The highest BCUT2D eigenvalue weighted by atomic mass is 32.2. The predicted octanol–water partition coefficient (Wildman–Crippen LogP) is 0.524. The fourth-order valence-corrected chi connectivity index (χ4v) is 5.68. The van der Waals surface area contributed by atoms with E-state index in [1.54, 1.807) is 10.6 Å². The van der Waals surface area contributed by atoms with Gasteiger partial charge < -0.3 is 9.15 Å². The third kappa shape index (κ3) is 3.74. The van der Waals surface area contributed by atoms with Crippen LogP contribution in [0.4, 0.5) is 0 Å². The molecule has 2 atom stereocenters. The summed E-state index contributed by atoms with van der Waals surface area (Å²) in [5.74, 6) is -0.396. The van der Waals surface area contributed by atoms with Gasteiger partial charge in [-0.2, -0.15) is 17.0 Å². The van der Waals surface area contributed by atoms with E-state index in [0.717, 1.165) is 5.52 Å². The third-order valence-corrected chi connectivity index (χ3v) is 7.25. The van der Waals surface area contributed by atoms with Crippen LogP contribution in [0.25, 0.3) is 11.1 Å². The topological polar surface area (TPSA) is 88.2 Å². The Balaban J connectivity index is 1.42. The van der Waals surface area contributed by atoms with E-state index < -0.39 is 16.0 Å². The van der Waals surface area contributed by atoms with Gasteiger partial charge in [-0.15, -0.1) is 0 Å². The van der Waals surface area contributed by atoms with E-state index in [1.165, 1.54) is 8.61 Å². The van der Waals surface area contributed by atoms with E-state index >= 15 is 0 Å². The van der Waals surface area contributed by atoms with Crippen LogP contribution < -0.4 is 5.76 Å². The molecule has 9 nitrogen and oxygen atoms in total. The molecule has 2 aliphatic heterocycles. The van der Waals surface area contributed by atoms with E-state index in [1.807, 2.05) is 32.0 Å². The van der Waals surface area contributed by atoms with Gasteiger partial charge >= 0.3 is 5.76 Å². The number of nitrogens with zero attached hydrogens (tertiary/aromatic N) is 4. The molecule has 2 fully saturated rings. The second-order valence-corrected chi connectivity index (χ2v) is 9.43. The van der Waals surface area contributed by atoms with Crippen molar-refractivity contribution in [2.45, 2.75) is 32.7 Å². The second kappa shape index (κ2) is 7.60. The number of hydrogen-bond donors (Lipinski definition) is 0. The summed E-state index contributed by atoms with van der Waals surface area (Å²) in [5.41, 5.74) is 1.31. The van der Waals surface area contributed by atoms with Crippen LogP contribution >= 0.6 is 0 Å². The largest absolute Gasteiger partial charge is 0.421 e. The van der Waals surface area contributed by atoms with Crippen molar-refractivity contribution in [3.63, 3.8) is 0 Å². The maximum atomic E-state index is 13.0. The standard InChI is InChI=1S/C18H26N4O5S/c1-14-11-21(12-15(2)26-14)28(24,25)20-9-7-19(8-10-20)13-22-16-5-3-4-6-17(16)27-18(22)23/h3-6,14-15H,7-13H2,1-2H3/t14-,15+. The molecule has 2 saturated heterocycles. The van der Waals surface area contributed by atoms with Gasteiger partial charge in [0.1, 0.15) is 0 Å². The number of aromatic nitrogens is 1. The molecule has 0 bridgehead atoms. The van der Waals surface area contributed by atoms with Crippen molar-refractivity contribution < 1.29 is 17.6 Å². The van der Waals surface area contributed by atoms with Crippen LogP contribution in [0.1, 0.15) is 13.8 Å². The summed E-state index contributed by atoms with van der Waals surface area (Å²) in [5, 5.41) is 0. The molecule has 10 heteroatoms. The maximum absolute atomic E-state index is 13.0. The van der Waals surface area contributed by atoms with Crippen molar-refractivity contribution in [2.75, 3.05) is 39.3 Å². The zero-order valence-electron chi connectivity index (χ0n) is 16.2. The summed E-state index contributed by atoms with van der Waals surface area (Å²) >= 11 is 0. The Morgan fingerprint density at radius 2 is 1.64 bits per heavy atom. The Kier molecular flexibility index (Phi) is 5.32. The average molecular weight is 410 g/mol. The van der Waals surface area contributed by atoms with Crippen molar-refractivity contribution in [1.29, 1.82) is 0 Å². The first-order valence-electron chi connectivity index (χ1n) is 9.56. The van der Waals surface area contributed by atoms with Crippen molar-refractivity contribution in [3.05, 3.63) is 34.8 Å². The molecule has 0 spiro atoms. The number of oxazole rings is 1. The average Bonchev–Trinajstić information content (AvgIpc) is 2.97. The lowest BCUT2D eigenvalue weighted by Crippen LogP contribution is -2.57. The lowest BCUT2D eigenvalue weighted by atomic mass is 10.3.